The number of nitrogens with zero attached hydrogens (tertiary/aromatic N) is 4. The van der Waals surface area contributed by atoms with E-state index in [1.807, 2.05) is 0 Å². The van der Waals surface area contributed by atoms with E-state index in [0.29, 0.717) is 22.7 Å². The molecule has 7 nitrogen and oxygen atoms in total. The monoisotopic (exact) mass is 375 g/mol. The van der Waals surface area contributed by atoms with Crippen LogP contribution in [-0.4, -0.2) is 48.5 Å². The van der Waals surface area contributed by atoms with Crippen molar-refractivity contribution in [3.63, 3.8) is 0 Å². The van der Waals surface area contributed by atoms with Crippen LogP contribution in [0.5, 0.6) is 0 Å². The number of fused-ring (bicyclic) bond motifs is 1. The van der Waals surface area contributed by atoms with Crippen LogP contribution in [0.25, 0.3) is 11.0 Å². The number of anilines is 1. The van der Waals surface area contributed by atoms with Crippen molar-refractivity contribution in [1.82, 2.24) is 19.3 Å². The molecule has 1 aliphatic heterocycles. The highest BCUT2D eigenvalue weighted by Crippen LogP contribution is 2.28. The number of halogens is 1. The first-order valence-electron chi connectivity index (χ1n) is 8.29. The van der Waals surface area contributed by atoms with E-state index in [1.54, 1.807) is 19.2 Å². The number of pyridine rings is 1. The van der Waals surface area contributed by atoms with E-state index < -0.39 is 15.8 Å². The Kier molecular flexibility index (Phi) is 4.12. The molecule has 3 aromatic rings. The van der Waals surface area contributed by atoms with Gasteiger partial charge >= 0.3 is 0 Å². The average molecular weight is 375 g/mol. The van der Waals surface area contributed by atoms with Gasteiger partial charge < -0.3 is 10.2 Å². The quantitative estimate of drug-likeness (QED) is 0.748. The number of hydrogen-bond donors (Lipinski definition) is 1. The number of imidazole rings is 1. The summed E-state index contributed by atoms with van der Waals surface area (Å²) in [7, 11) is -3.97. The van der Waals surface area contributed by atoms with Gasteiger partial charge in [-0.15, -0.1) is 0 Å². The van der Waals surface area contributed by atoms with Crippen LogP contribution >= 0.6 is 0 Å². The summed E-state index contributed by atoms with van der Waals surface area (Å²) in [4.78, 5) is 10.9. The van der Waals surface area contributed by atoms with Gasteiger partial charge in [-0.3, -0.25) is 0 Å². The van der Waals surface area contributed by atoms with Crippen molar-refractivity contribution in [1.29, 1.82) is 0 Å². The lowest BCUT2D eigenvalue weighted by atomic mass is 10.3. The van der Waals surface area contributed by atoms with Crippen molar-refractivity contribution in [3.8, 4) is 0 Å². The second-order valence-electron chi connectivity index (χ2n) is 6.13. The fourth-order valence-electron chi connectivity index (χ4n) is 3.23. The number of piperazine rings is 1. The molecule has 136 valence electrons. The average Bonchev–Trinajstić information content (AvgIpc) is 2.99. The normalized spacial score (nSPS) is 15.5. The van der Waals surface area contributed by atoms with Gasteiger partial charge in [0.25, 0.3) is 10.0 Å². The Morgan fingerprint density at radius 3 is 2.69 bits per heavy atom. The number of nitrogens with one attached hydrogen (secondary N) is 1. The Balaban J connectivity index is 1.90. The number of aromatic nitrogens is 3. The lowest BCUT2D eigenvalue weighted by Crippen LogP contribution is -2.44. The zero-order valence-corrected chi connectivity index (χ0v) is 15.0. The summed E-state index contributed by atoms with van der Waals surface area (Å²) in [5.74, 6) is 0.380. The summed E-state index contributed by atoms with van der Waals surface area (Å²) in [6.45, 7) is 4.83. The van der Waals surface area contributed by atoms with Gasteiger partial charge in [-0.05, 0) is 31.2 Å². The molecule has 0 aliphatic carbocycles. The van der Waals surface area contributed by atoms with Gasteiger partial charge in [0.1, 0.15) is 17.2 Å². The van der Waals surface area contributed by atoms with E-state index in [2.05, 4.69) is 20.2 Å². The van der Waals surface area contributed by atoms with Crippen molar-refractivity contribution in [2.45, 2.75) is 11.8 Å². The minimum atomic E-state index is -3.97. The van der Waals surface area contributed by atoms with Gasteiger partial charge in [0.15, 0.2) is 5.82 Å². The molecule has 2 aromatic heterocycles. The number of aryl methyl sites for hydroxylation is 1. The largest absolute Gasteiger partial charge is 0.352 e. The third kappa shape index (κ3) is 2.73. The summed E-state index contributed by atoms with van der Waals surface area (Å²) in [5, 5.41) is 3.27. The molecular formula is C17H18FN5O2S. The Bertz CT molecular complexity index is 1070. The minimum absolute atomic E-state index is 0.111. The first kappa shape index (κ1) is 16.9. The molecule has 1 aliphatic rings. The molecule has 0 spiro atoms. The maximum absolute atomic E-state index is 13.5. The van der Waals surface area contributed by atoms with Gasteiger partial charge in [-0.1, -0.05) is 6.07 Å². The summed E-state index contributed by atoms with van der Waals surface area (Å²) >= 11 is 0. The third-order valence-corrected chi connectivity index (χ3v) is 6.21. The molecule has 9 heteroatoms. The SMILES string of the molecule is Cc1nc2c(N3CCNCC3)nccc2n1S(=O)(=O)c1cccc(F)c1. The van der Waals surface area contributed by atoms with Gasteiger partial charge in [-0.25, -0.2) is 26.7 Å². The van der Waals surface area contributed by atoms with Gasteiger partial charge in [0, 0.05) is 32.4 Å². The zero-order chi connectivity index (χ0) is 18.3. The summed E-state index contributed by atoms with van der Waals surface area (Å²) < 4.78 is 40.9. The van der Waals surface area contributed by atoms with Crippen LogP contribution < -0.4 is 10.2 Å². The second-order valence-corrected chi connectivity index (χ2v) is 7.91. The van der Waals surface area contributed by atoms with Crippen molar-refractivity contribution >= 4 is 26.9 Å². The van der Waals surface area contributed by atoms with Gasteiger partial charge in [-0.2, -0.15) is 0 Å². The molecule has 0 bridgehead atoms. The van der Waals surface area contributed by atoms with Crippen LogP contribution in [0.15, 0.2) is 41.4 Å². The fraction of sp³-hybridized carbons (Fsp3) is 0.294. The number of hydrogen-bond acceptors (Lipinski definition) is 6. The van der Waals surface area contributed by atoms with E-state index in [0.717, 1.165) is 36.2 Å². The molecule has 3 heterocycles. The Labute approximate surface area is 150 Å². The molecule has 0 unspecified atom stereocenters. The highest BCUT2D eigenvalue weighted by atomic mass is 32.2. The Morgan fingerprint density at radius 1 is 1.19 bits per heavy atom. The predicted molar refractivity (Wildman–Crippen MR) is 96.3 cm³/mol. The summed E-state index contributed by atoms with van der Waals surface area (Å²) in [6.07, 6.45) is 1.58. The van der Waals surface area contributed by atoms with E-state index in [9.17, 15) is 12.8 Å². The molecule has 0 amide bonds. The molecule has 0 atom stereocenters. The maximum Gasteiger partial charge on any atom is 0.269 e. The standard InChI is InChI=1S/C17H18FN5O2S/c1-12-21-16-15(5-6-20-17(16)22-9-7-19-8-10-22)23(12)26(24,25)14-4-2-3-13(18)11-14/h2-6,11,19H,7-10H2,1H3. The van der Waals surface area contributed by atoms with E-state index in [-0.39, 0.29) is 4.90 Å². The molecular weight excluding hydrogens is 357 g/mol. The maximum atomic E-state index is 13.5. The molecule has 0 radical (unpaired) electrons. The van der Waals surface area contributed by atoms with Crippen LogP contribution in [0.2, 0.25) is 0 Å². The smallest absolute Gasteiger partial charge is 0.269 e. The van der Waals surface area contributed by atoms with Crippen molar-refractivity contribution in [3.05, 3.63) is 48.2 Å². The molecule has 1 N–H and O–H groups in total. The molecule has 26 heavy (non-hydrogen) atoms. The van der Waals surface area contributed by atoms with Gasteiger partial charge in [0.2, 0.25) is 0 Å². The van der Waals surface area contributed by atoms with Crippen LogP contribution in [0.1, 0.15) is 5.82 Å². The molecule has 4 rings (SSSR count). The van der Waals surface area contributed by atoms with E-state index >= 15 is 0 Å². The number of benzene rings is 1. The second kappa shape index (κ2) is 6.33. The van der Waals surface area contributed by atoms with Crippen LogP contribution in [0.4, 0.5) is 10.2 Å². The van der Waals surface area contributed by atoms with Crippen molar-refractivity contribution in [2.24, 2.45) is 0 Å². The predicted octanol–water partition coefficient (Wildman–Crippen LogP) is 1.53. The van der Waals surface area contributed by atoms with Crippen LogP contribution in [-0.2, 0) is 10.0 Å². The van der Waals surface area contributed by atoms with Crippen molar-refractivity contribution < 1.29 is 12.8 Å². The summed E-state index contributed by atoms with van der Waals surface area (Å²) in [6, 6.07) is 6.60. The van der Waals surface area contributed by atoms with Crippen molar-refractivity contribution in [2.75, 3.05) is 31.1 Å². The lowest BCUT2D eigenvalue weighted by Gasteiger charge is -2.28. The Morgan fingerprint density at radius 2 is 1.96 bits per heavy atom. The molecule has 1 saturated heterocycles. The highest BCUT2D eigenvalue weighted by molar-refractivity contribution is 7.90. The van der Waals surface area contributed by atoms with E-state index in [4.69, 9.17) is 0 Å². The molecule has 1 fully saturated rings. The zero-order valence-electron chi connectivity index (χ0n) is 14.2. The van der Waals surface area contributed by atoms with Crippen LogP contribution in [0.3, 0.4) is 0 Å². The third-order valence-electron chi connectivity index (χ3n) is 4.42. The fourth-order valence-corrected chi connectivity index (χ4v) is 4.75. The van der Waals surface area contributed by atoms with Crippen LogP contribution in [0, 0.1) is 12.7 Å². The molecule has 1 aromatic carbocycles. The van der Waals surface area contributed by atoms with Gasteiger partial charge in [0.05, 0.1) is 10.4 Å². The summed E-state index contributed by atoms with van der Waals surface area (Å²) in [5.41, 5.74) is 0.974. The molecule has 0 saturated carbocycles. The topological polar surface area (TPSA) is 80.1 Å². The first-order chi connectivity index (χ1) is 12.5. The highest BCUT2D eigenvalue weighted by Gasteiger charge is 2.26. The lowest BCUT2D eigenvalue weighted by molar-refractivity contribution is 0.583. The van der Waals surface area contributed by atoms with E-state index in [1.165, 1.54) is 18.2 Å². The minimum Gasteiger partial charge on any atom is -0.352 e. The Hall–Kier alpha value is -2.52. The number of rotatable bonds is 3. The first-order valence-corrected chi connectivity index (χ1v) is 9.73.